The summed E-state index contributed by atoms with van der Waals surface area (Å²) in [6.07, 6.45) is -2.15. The maximum atomic E-state index is 18.0. The number of amides is 1. The molecule has 14 nitrogen and oxygen atoms in total. The number of halogens is 5. The molecule has 1 atom stereocenters. The zero-order valence-electron chi connectivity index (χ0n) is 37.3. The number of rotatable bonds is 14. The second-order valence-corrected chi connectivity index (χ2v) is 17.1. The molecule has 2 aromatic heterocycles. The number of aryl methyl sites for hydroxylation is 1. The van der Waals surface area contributed by atoms with Crippen molar-refractivity contribution < 1.29 is 51.1 Å². The largest absolute Gasteiger partial charge is 0.497 e. The van der Waals surface area contributed by atoms with Crippen LogP contribution in [0.25, 0.3) is 17.1 Å². The lowest BCUT2D eigenvalue weighted by Crippen LogP contribution is -2.45. The number of anilines is 2. The Labute approximate surface area is 388 Å². The number of alkyl halides is 3. The lowest BCUT2D eigenvalue weighted by Gasteiger charge is -2.34. The fourth-order valence-corrected chi connectivity index (χ4v) is 8.67. The third-order valence-electron chi connectivity index (χ3n) is 12.0. The summed E-state index contributed by atoms with van der Waals surface area (Å²) < 4.78 is 93.5. The van der Waals surface area contributed by atoms with Gasteiger partial charge in [-0.15, -0.1) is 0 Å². The van der Waals surface area contributed by atoms with Gasteiger partial charge in [-0.2, -0.15) is 13.2 Å². The molecule has 3 N–H and O–H groups in total. The van der Waals surface area contributed by atoms with Crippen LogP contribution < -0.4 is 40.3 Å². The van der Waals surface area contributed by atoms with Crippen molar-refractivity contribution >= 4 is 35.2 Å². The zero-order valence-corrected chi connectivity index (χ0v) is 38.0. The normalized spacial score (nSPS) is 15.7. The second-order valence-electron chi connectivity index (χ2n) is 16.7. The summed E-state index contributed by atoms with van der Waals surface area (Å²) >= 11 is 7.17. The summed E-state index contributed by atoms with van der Waals surface area (Å²) in [7, 11) is 3.09. The van der Waals surface area contributed by atoms with E-state index in [0.29, 0.717) is 43.1 Å². The Balaban J connectivity index is 1.33. The maximum absolute atomic E-state index is 18.0. The van der Waals surface area contributed by atoms with Gasteiger partial charge in [-0.05, 0) is 79.8 Å². The number of nitrogens with zero attached hydrogens (tertiary/aromatic N) is 5. The fraction of sp³-hybridized carbons (Fsp3) is 0.333. The predicted molar refractivity (Wildman–Crippen MR) is 241 cm³/mol. The molecule has 8 rings (SSSR count). The van der Waals surface area contributed by atoms with E-state index in [1.54, 1.807) is 67.3 Å². The molecule has 0 bridgehead atoms. The van der Waals surface area contributed by atoms with Gasteiger partial charge in [0.25, 0.3) is 0 Å². The van der Waals surface area contributed by atoms with E-state index in [-0.39, 0.29) is 71.3 Å². The van der Waals surface area contributed by atoms with Crippen molar-refractivity contribution in [2.75, 3.05) is 50.9 Å². The molecule has 5 aromatic rings. The number of nitrogens with one attached hydrogen (secondary N) is 2. The Morgan fingerprint density at radius 2 is 1.69 bits per heavy atom. The average Bonchev–Trinajstić information content (AvgIpc) is 3.48. The first-order chi connectivity index (χ1) is 32.1. The highest BCUT2D eigenvalue weighted by molar-refractivity contribution is 6.33. The number of pyridine rings is 2. The molecule has 1 amide bonds. The van der Waals surface area contributed by atoms with E-state index in [2.05, 4.69) is 25.6 Å². The van der Waals surface area contributed by atoms with E-state index in [9.17, 15) is 9.90 Å². The summed E-state index contributed by atoms with van der Waals surface area (Å²) in [4.78, 5) is 28.8. The molecular weight excluding hydrogens is 898 g/mol. The first-order valence-electron chi connectivity index (χ1n) is 21.3. The van der Waals surface area contributed by atoms with Gasteiger partial charge in [-0.1, -0.05) is 48.9 Å². The molecule has 0 saturated carbocycles. The van der Waals surface area contributed by atoms with E-state index < -0.39 is 51.7 Å². The Bertz CT molecular complexity index is 2780. The quantitative estimate of drug-likeness (QED) is 0.0912. The van der Waals surface area contributed by atoms with Gasteiger partial charge < -0.3 is 43.9 Å². The van der Waals surface area contributed by atoms with E-state index in [1.807, 2.05) is 31.2 Å². The molecule has 1 saturated heterocycles. The first kappa shape index (κ1) is 46.7. The average molecular weight is 946 g/mol. The van der Waals surface area contributed by atoms with Crippen LogP contribution >= 0.6 is 11.6 Å². The number of hydrogen-bond donors (Lipinski definition) is 3. The van der Waals surface area contributed by atoms with Gasteiger partial charge in [0.15, 0.2) is 11.6 Å². The predicted octanol–water partition coefficient (Wildman–Crippen LogP) is 8.91. The summed E-state index contributed by atoms with van der Waals surface area (Å²) in [5, 5.41) is 14.6. The van der Waals surface area contributed by atoms with Gasteiger partial charge in [-0.25, -0.2) is 19.2 Å². The van der Waals surface area contributed by atoms with Crippen LogP contribution in [0.3, 0.4) is 0 Å². The van der Waals surface area contributed by atoms with Crippen molar-refractivity contribution in [2.24, 2.45) is 10.4 Å². The van der Waals surface area contributed by atoms with Crippen LogP contribution in [0, 0.1) is 18.2 Å². The molecule has 3 aromatic carbocycles. The number of carboxylic acid groups (broad SMARTS) is 1. The van der Waals surface area contributed by atoms with Crippen LogP contribution in [0.4, 0.5) is 34.0 Å². The molecule has 3 aliphatic rings. The lowest BCUT2D eigenvalue weighted by atomic mass is 9.83. The van der Waals surface area contributed by atoms with Crippen LogP contribution in [0.5, 0.6) is 17.2 Å². The van der Waals surface area contributed by atoms with Crippen LogP contribution in [-0.4, -0.2) is 66.8 Å². The number of hydrogen-bond acceptors (Lipinski definition) is 12. The Hall–Kier alpha value is -6.79. The van der Waals surface area contributed by atoms with Gasteiger partial charge >= 0.3 is 18.2 Å². The fourth-order valence-electron chi connectivity index (χ4n) is 8.35. The molecule has 19 heteroatoms. The molecule has 1 fully saturated rings. The minimum atomic E-state index is -5.02. The van der Waals surface area contributed by atoms with E-state index >= 15 is 17.6 Å². The number of methoxy groups -OCH3 is 2. The lowest BCUT2D eigenvalue weighted by molar-refractivity contribution is -0.137. The Kier molecular flexibility index (Phi) is 13.4. The van der Waals surface area contributed by atoms with Crippen molar-refractivity contribution in [3.63, 3.8) is 0 Å². The molecule has 1 unspecified atom stereocenters. The summed E-state index contributed by atoms with van der Waals surface area (Å²) in [5.74, 6) is -0.377. The monoisotopic (exact) mass is 945 g/mol. The first-order valence-corrected chi connectivity index (χ1v) is 21.7. The highest BCUT2D eigenvalue weighted by Crippen LogP contribution is 2.44. The number of ether oxygens (including phenoxy) is 5. The van der Waals surface area contributed by atoms with Gasteiger partial charge in [0.2, 0.25) is 0 Å². The molecule has 3 aliphatic heterocycles. The number of aromatic nitrogens is 2. The van der Waals surface area contributed by atoms with Gasteiger partial charge in [0.05, 0.1) is 65.5 Å². The van der Waals surface area contributed by atoms with Crippen LogP contribution in [0.2, 0.25) is 5.02 Å². The molecule has 0 spiro atoms. The summed E-state index contributed by atoms with van der Waals surface area (Å²) in [5.41, 5.74) is -1.24. The topological polar surface area (TPSA) is 152 Å². The summed E-state index contributed by atoms with van der Waals surface area (Å²) in [6.45, 7) is 6.42. The highest BCUT2D eigenvalue weighted by atomic mass is 35.5. The minimum absolute atomic E-state index is 0.00446. The van der Waals surface area contributed by atoms with Crippen molar-refractivity contribution in [3.05, 3.63) is 134 Å². The smallest absolute Gasteiger partial charge is 0.418 e. The van der Waals surface area contributed by atoms with Crippen LogP contribution in [0.15, 0.2) is 90.1 Å². The standard InChI is InChI=1S/C48H48ClF4N7O7/c1-27-21-34(59(22-29-8-12-31(63-4)13-9-29)23-30-10-14-32(64-5)15-11-30)57-41(38(27)48(51,52)53)36-39(49)42-37-43(40(36)50)67-35(66-25-47(3)16-19-65-20-17-47)24-60(45(37)56-26-55-42)28(2)33-7-6-18-54-44(33)58-46(61)62/h6-15,18,21,24,28,56H,16-17,19-20,22-23,25-26H2,1-5H3,(H,54,58)(H,61,62). The third-order valence-corrected chi connectivity index (χ3v) is 12.4. The second kappa shape index (κ2) is 19.2. The van der Waals surface area contributed by atoms with E-state index in [4.69, 9.17) is 35.3 Å². The molecule has 0 aliphatic carbocycles. The zero-order chi connectivity index (χ0) is 47.6. The van der Waals surface area contributed by atoms with E-state index in [0.717, 1.165) is 11.1 Å². The van der Waals surface area contributed by atoms with Gasteiger partial charge in [-0.3, -0.25) is 10.3 Å². The highest BCUT2D eigenvalue weighted by Gasteiger charge is 2.41. The third kappa shape index (κ3) is 9.86. The van der Waals surface area contributed by atoms with Gasteiger partial charge in [0.1, 0.15) is 35.6 Å². The molecule has 67 heavy (non-hydrogen) atoms. The minimum Gasteiger partial charge on any atom is -0.497 e. The van der Waals surface area contributed by atoms with Gasteiger partial charge in [0, 0.05) is 43.5 Å². The van der Waals surface area contributed by atoms with Crippen molar-refractivity contribution in [1.82, 2.24) is 20.2 Å². The van der Waals surface area contributed by atoms with E-state index in [1.165, 1.54) is 25.4 Å². The van der Waals surface area contributed by atoms with Crippen LogP contribution in [0.1, 0.15) is 60.5 Å². The SMILES string of the molecule is COc1ccc(CN(Cc2ccc(OC)cc2)c2cc(C)c(C(F)(F)F)c(-c3c(F)c4c5c(c3Cl)=NCNC=5N(C(C)c3cccnc3NC(=O)O)C=C(OCC3(C)CCOCC3)O4)n2)cc1. The number of carbonyl (C=O) groups is 1. The van der Waals surface area contributed by atoms with Crippen molar-refractivity contribution in [2.45, 2.75) is 58.9 Å². The maximum Gasteiger partial charge on any atom is 0.418 e. The van der Waals surface area contributed by atoms with Crippen molar-refractivity contribution in [3.8, 4) is 28.5 Å². The number of benzene rings is 3. The summed E-state index contributed by atoms with van der Waals surface area (Å²) in [6, 6.07) is 18.3. The molecular formula is C48H48ClF4N7O7. The van der Waals surface area contributed by atoms with Crippen molar-refractivity contribution in [1.29, 1.82) is 0 Å². The molecule has 352 valence electrons. The Morgan fingerprint density at radius 1 is 1.04 bits per heavy atom. The molecule has 5 heterocycles. The Morgan fingerprint density at radius 3 is 2.28 bits per heavy atom. The molecule has 0 radical (unpaired) electrons. The van der Waals surface area contributed by atoms with Crippen LogP contribution in [-0.2, 0) is 28.7 Å².